The fraction of sp³-hybridized carbons (Fsp3) is 0.385. The highest BCUT2D eigenvalue weighted by atomic mass is 32.2. The van der Waals surface area contributed by atoms with Crippen LogP contribution in [0.25, 0.3) is 0 Å². The van der Waals surface area contributed by atoms with E-state index in [0.29, 0.717) is 6.07 Å². The number of nitrogens with two attached hydrogens (primary N) is 1. The first kappa shape index (κ1) is 17.2. The van der Waals surface area contributed by atoms with E-state index in [-0.39, 0.29) is 18.5 Å². The molecule has 2 N–H and O–H groups in total. The summed E-state index contributed by atoms with van der Waals surface area (Å²) in [7, 11) is -3.83. The fourth-order valence-electron chi connectivity index (χ4n) is 2.52. The van der Waals surface area contributed by atoms with Crippen LogP contribution in [0.5, 0.6) is 0 Å². The molecule has 0 saturated carbocycles. The fourth-order valence-corrected chi connectivity index (χ4v) is 3.40. The van der Waals surface area contributed by atoms with Crippen molar-refractivity contribution in [2.45, 2.75) is 12.6 Å². The monoisotopic (exact) mass is 347 g/mol. The molecule has 10 heteroatoms. The topological polar surface area (TPSA) is 104 Å². The van der Waals surface area contributed by atoms with Gasteiger partial charge in [-0.2, -0.15) is 18.4 Å². The summed E-state index contributed by atoms with van der Waals surface area (Å²) >= 11 is 0. The Morgan fingerprint density at radius 1 is 1.39 bits per heavy atom. The molecule has 23 heavy (non-hydrogen) atoms. The van der Waals surface area contributed by atoms with E-state index in [1.54, 1.807) is 6.07 Å². The van der Waals surface area contributed by atoms with Gasteiger partial charge in [-0.1, -0.05) is 0 Å². The number of anilines is 1. The summed E-state index contributed by atoms with van der Waals surface area (Å²) in [5, 5.41) is 13.6. The standard InChI is InChI=1S/C13H12F3N3O3S/c14-13(15,16)10-3-8(5-17)1-2-11(10)19-6-9(4-12(19)20)7-23(18,21)22/h1-3,9H,4,6-7H2,(H2,18,21,22). The van der Waals surface area contributed by atoms with Crippen LogP contribution in [0.3, 0.4) is 0 Å². The SMILES string of the molecule is N#Cc1ccc(N2CC(CS(N)(=O)=O)CC2=O)c(C(F)(F)F)c1. The van der Waals surface area contributed by atoms with Gasteiger partial charge < -0.3 is 4.90 Å². The van der Waals surface area contributed by atoms with E-state index in [9.17, 15) is 26.4 Å². The van der Waals surface area contributed by atoms with Crippen molar-refractivity contribution < 1.29 is 26.4 Å². The first-order valence-corrected chi connectivity index (χ1v) is 8.15. The number of hydrogen-bond donors (Lipinski definition) is 1. The number of primary sulfonamides is 1. The molecule has 0 bridgehead atoms. The molecule has 0 aliphatic carbocycles. The number of benzene rings is 1. The summed E-state index contributed by atoms with van der Waals surface area (Å²) in [5.74, 6) is -1.77. The van der Waals surface area contributed by atoms with Crippen LogP contribution in [0, 0.1) is 17.2 Å². The summed E-state index contributed by atoms with van der Waals surface area (Å²) in [6.45, 7) is -0.176. The molecule has 1 heterocycles. The van der Waals surface area contributed by atoms with Gasteiger partial charge in [0, 0.05) is 18.9 Å². The maximum absolute atomic E-state index is 13.2. The summed E-state index contributed by atoms with van der Waals surface area (Å²) in [5.41, 5.74) is -1.69. The van der Waals surface area contributed by atoms with Crippen LogP contribution >= 0.6 is 0 Å². The van der Waals surface area contributed by atoms with E-state index >= 15 is 0 Å². The lowest BCUT2D eigenvalue weighted by Gasteiger charge is -2.22. The Morgan fingerprint density at radius 3 is 2.57 bits per heavy atom. The first-order chi connectivity index (χ1) is 10.5. The molecule has 2 rings (SSSR count). The van der Waals surface area contributed by atoms with E-state index < -0.39 is 45.0 Å². The lowest BCUT2D eigenvalue weighted by Crippen LogP contribution is -2.29. The second-order valence-electron chi connectivity index (χ2n) is 5.25. The first-order valence-electron chi connectivity index (χ1n) is 6.43. The molecule has 124 valence electrons. The molecule has 1 unspecified atom stereocenters. The number of carbonyl (C=O) groups is 1. The largest absolute Gasteiger partial charge is 0.418 e. The average molecular weight is 347 g/mol. The minimum atomic E-state index is -4.75. The molecule has 0 radical (unpaired) electrons. The molecule has 1 atom stereocenters. The van der Waals surface area contributed by atoms with Crippen LogP contribution in [-0.4, -0.2) is 26.6 Å². The number of alkyl halides is 3. The van der Waals surface area contributed by atoms with E-state index in [4.69, 9.17) is 10.4 Å². The second kappa shape index (κ2) is 5.82. The number of halogens is 3. The minimum absolute atomic E-state index is 0.176. The third-order valence-corrected chi connectivity index (χ3v) is 4.33. The lowest BCUT2D eigenvalue weighted by molar-refractivity contribution is -0.137. The van der Waals surface area contributed by atoms with Gasteiger partial charge in [0.15, 0.2) is 0 Å². The number of amides is 1. The van der Waals surface area contributed by atoms with Crippen molar-refractivity contribution in [3.05, 3.63) is 29.3 Å². The summed E-state index contributed by atoms with van der Waals surface area (Å²) in [4.78, 5) is 12.9. The second-order valence-corrected chi connectivity index (χ2v) is 6.90. The van der Waals surface area contributed by atoms with Gasteiger partial charge in [0.25, 0.3) is 0 Å². The highest BCUT2D eigenvalue weighted by molar-refractivity contribution is 7.89. The molecule has 1 saturated heterocycles. The molecule has 6 nitrogen and oxygen atoms in total. The summed E-state index contributed by atoms with van der Waals surface area (Å²) in [6, 6.07) is 4.48. The third kappa shape index (κ3) is 4.00. The van der Waals surface area contributed by atoms with Gasteiger partial charge in [0.05, 0.1) is 28.6 Å². The Labute approximate surface area is 130 Å². The van der Waals surface area contributed by atoms with Gasteiger partial charge in [0.2, 0.25) is 15.9 Å². The van der Waals surface area contributed by atoms with E-state index in [2.05, 4.69) is 0 Å². The zero-order valence-electron chi connectivity index (χ0n) is 11.7. The highest BCUT2D eigenvalue weighted by Gasteiger charge is 2.40. The Bertz CT molecular complexity index is 784. The zero-order valence-corrected chi connectivity index (χ0v) is 12.5. The number of nitrogens with zero attached hydrogens (tertiary/aromatic N) is 2. The minimum Gasteiger partial charge on any atom is -0.311 e. The van der Waals surface area contributed by atoms with Crippen molar-refractivity contribution >= 4 is 21.6 Å². The van der Waals surface area contributed by atoms with Crippen molar-refractivity contribution in [3.63, 3.8) is 0 Å². The smallest absolute Gasteiger partial charge is 0.311 e. The van der Waals surface area contributed by atoms with Crippen LogP contribution in [0.2, 0.25) is 0 Å². The summed E-state index contributed by atoms with van der Waals surface area (Å²) < 4.78 is 61.6. The Balaban J connectivity index is 2.39. The molecule has 0 spiro atoms. The Morgan fingerprint density at radius 2 is 2.04 bits per heavy atom. The number of hydrogen-bond acceptors (Lipinski definition) is 4. The van der Waals surface area contributed by atoms with Crippen molar-refractivity contribution in [2.75, 3.05) is 17.2 Å². The van der Waals surface area contributed by atoms with Crippen LogP contribution in [0.1, 0.15) is 17.5 Å². The lowest BCUT2D eigenvalue weighted by atomic mass is 10.1. The predicted octanol–water partition coefficient (Wildman–Crippen LogP) is 1.22. The molecular weight excluding hydrogens is 335 g/mol. The van der Waals surface area contributed by atoms with Crippen molar-refractivity contribution in [1.82, 2.24) is 0 Å². The normalized spacial score (nSPS) is 19.0. The number of nitriles is 1. The quantitative estimate of drug-likeness (QED) is 0.887. The molecule has 0 aromatic heterocycles. The third-order valence-electron chi connectivity index (χ3n) is 3.39. The van der Waals surface area contributed by atoms with Crippen LogP contribution in [0.15, 0.2) is 18.2 Å². The predicted molar refractivity (Wildman–Crippen MR) is 74.6 cm³/mol. The van der Waals surface area contributed by atoms with E-state index in [0.717, 1.165) is 11.0 Å². The Hall–Kier alpha value is -2.12. The molecule has 1 fully saturated rings. The number of sulfonamides is 1. The maximum Gasteiger partial charge on any atom is 0.418 e. The Kier molecular flexibility index (Phi) is 4.37. The summed E-state index contributed by atoms with van der Waals surface area (Å²) in [6.07, 6.45) is -4.95. The molecule has 1 aliphatic heterocycles. The van der Waals surface area contributed by atoms with Crippen LogP contribution in [-0.2, 0) is 21.0 Å². The van der Waals surface area contributed by atoms with Gasteiger partial charge in [0.1, 0.15) is 0 Å². The molecule has 1 aromatic rings. The van der Waals surface area contributed by atoms with Gasteiger partial charge in [-0.15, -0.1) is 0 Å². The van der Waals surface area contributed by atoms with Crippen LogP contribution < -0.4 is 10.0 Å². The van der Waals surface area contributed by atoms with Crippen LogP contribution in [0.4, 0.5) is 18.9 Å². The zero-order chi connectivity index (χ0) is 17.4. The van der Waals surface area contributed by atoms with Gasteiger partial charge in [-0.05, 0) is 18.2 Å². The molecule has 1 amide bonds. The van der Waals surface area contributed by atoms with Gasteiger partial charge in [-0.25, -0.2) is 13.6 Å². The van der Waals surface area contributed by atoms with Crippen molar-refractivity contribution in [2.24, 2.45) is 11.1 Å². The van der Waals surface area contributed by atoms with E-state index in [1.807, 2.05) is 0 Å². The number of rotatable bonds is 3. The maximum atomic E-state index is 13.2. The van der Waals surface area contributed by atoms with Gasteiger partial charge >= 0.3 is 6.18 Å². The van der Waals surface area contributed by atoms with E-state index in [1.165, 1.54) is 6.07 Å². The van der Waals surface area contributed by atoms with Crippen molar-refractivity contribution in [3.8, 4) is 6.07 Å². The van der Waals surface area contributed by atoms with Gasteiger partial charge in [-0.3, -0.25) is 4.79 Å². The molecule has 1 aliphatic rings. The van der Waals surface area contributed by atoms with Crippen molar-refractivity contribution in [1.29, 1.82) is 5.26 Å². The molecule has 1 aromatic carbocycles. The average Bonchev–Trinajstić information content (AvgIpc) is 2.75. The number of carbonyl (C=O) groups excluding carboxylic acids is 1. The highest BCUT2D eigenvalue weighted by Crippen LogP contribution is 2.39. The molecular formula is C13H12F3N3O3S.